The molecule has 1 saturated heterocycles. The van der Waals surface area contributed by atoms with E-state index in [-0.39, 0.29) is 0 Å². The fourth-order valence-electron chi connectivity index (χ4n) is 3.22. The largest absolute Gasteiger partial charge is 0.497 e. The highest BCUT2D eigenvalue weighted by Gasteiger charge is 2.20. The summed E-state index contributed by atoms with van der Waals surface area (Å²) in [5.41, 5.74) is 2.01. The second kappa shape index (κ2) is 8.28. The zero-order valence-corrected chi connectivity index (χ0v) is 15.4. The van der Waals surface area contributed by atoms with Crippen molar-refractivity contribution in [3.05, 3.63) is 60.2 Å². The van der Waals surface area contributed by atoms with Crippen LogP contribution in [0.25, 0.3) is 11.4 Å². The molecule has 0 amide bonds. The Morgan fingerprint density at radius 1 is 1.00 bits per heavy atom. The van der Waals surface area contributed by atoms with Crippen LogP contribution >= 0.6 is 0 Å². The standard InChI is InChI=1S/C20H23N5O2/c1-26-18-7-4-5-16(13-18)20-22-19(27-23-20)15-25-11-9-24(10-12-25)14-17-6-2-3-8-21-17/h2-8,13H,9-12,14-15H2,1H3. The maximum Gasteiger partial charge on any atom is 0.241 e. The monoisotopic (exact) mass is 365 g/mol. The van der Waals surface area contributed by atoms with Gasteiger partial charge in [-0.25, -0.2) is 0 Å². The third-order valence-corrected chi connectivity index (χ3v) is 4.73. The molecule has 0 unspecified atom stereocenters. The van der Waals surface area contributed by atoms with Crippen LogP contribution in [-0.2, 0) is 13.1 Å². The minimum absolute atomic E-state index is 0.595. The molecule has 27 heavy (non-hydrogen) atoms. The highest BCUT2D eigenvalue weighted by molar-refractivity contribution is 5.56. The predicted molar refractivity (Wildman–Crippen MR) is 101 cm³/mol. The topological polar surface area (TPSA) is 67.5 Å². The van der Waals surface area contributed by atoms with E-state index in [1.54, 1.807) is 7.11 Å². The normalized spacial score (nSPS) is 15.7. The summed E-state index contributed by atoms with van der Waals surface area (Å²) in [6.07, 6.45) is 1.85. The maximum absolute atomic E-state index is 5.45. The third-order valence-electron chi connectivity index (χ3n) is 4.73. The molecule has 3 aromatic rings. The first kappa shape index (κ1) is 17.6. The Bertz CT molecular complexity index is 860. The van der Waals surface area contributed by atoms with Crippen LogP contribution in [0.2, 0.25) is 0 Å². The van der Waals surface area contributed by atoms with Crippen molar-refractivity contribution in [2.24, 2.45) is 0 Å². The van der Waals surface area contributed by atoms with E-state index < -0.39 is 0 Å². The zero-order chi connectivity index (χ0) is 18.5. The van der Waals surface area contributed by atoms with Crippen LogP contribution in [0, 0.1) is 0 Å². The fraction of sp³-hybridized carbons (Fsp3) is 0.350. The van der Waals surface area contributed by atoms with Gasteiger partial charge >= 0.3 is 0 Å². The molecule has 0 bridgehead atoms. The van der Waals surface area contributed by atoms with Crippen molar-refractivity contribution in [2.45, 2.75) is 13.1 Å². The molecule has 1 fully saturated rings. The highest BCUT2D eigenvalue weighted by atomic mass is 16.5. The number of rotatable bonds is 6. The van der Waals surface area contributed by atoms with Gasteiger partial charge in [-0.1, -0.05) is 23.4 Å². The number of nitrogens with zero attached hydrogens (tertiary/aromatic N) is 5. The molecular weight excluding hydrogens is 342 g/mol. The number of aromatic nitrogens is 3. The Morgan fingerprint density at radius 3 is 2.56 bits per heavy atom. The molecular formula is C20H23N5O2. The molecule has 2 aromatic heterocycles. The van der Waals surface area contributed by atoms with Crippen molar-refractivity contribution in [3.8, 4) is 17.1 Å². The Balaban J connectivity index is 1.31. The zero-order valence-electron chi connectivity index (χ0n) is 15.4. The molecule has 7 nitrogen and oxygen atoms in total. The van der Waals surface area contributed by atoms with Gasteiger partial charge in [0, 0.05) is 44.5 Å². The molecule has 0 saturated carbocycles. The van der Waals surface area contributed by atoms with E-state index in [1.807, 2.05) is 42.6 Å². The van der Waals surface area contributed by atoms with Gasteiger partial charge in [-0.2, -0.15) is 4.98 Å². The molecule has 0 atom stereocenters. The smallest absolute Gasteiger partial charge is 0.241 e. The SMILES string of the molecule is COc1cccc(-c2noc(CN3CCN(Cc4ccccn4)CC3)n2)c1. The van der Waals surface area contributed by atoms with Gasteiger partial charge in [0.05, 0.1) is 19.3 Å². The second-order valence-electron chi connectivity index (χ2n) is 6.62. The highest BCUT2D eigenvalue weighted by Crippen LogP contribution is 2.21. The van der Waals surface area contributed by atoms with Gasteiger partial charge in [0.1, 0.15) is 5.75 Å². The number of hydrogen-bond acceptors (Lipinski definition) is 7. The van der Waals surface area contributed by atoms with Crippen LogP contribution in [0.5, 0.6) is 5.75 Å². The number of piperazine rings is 1. The van der Waals surface area contributed by atoms with Crippen LogP contribution in [0.15, 0.2) is 53.2 Å². The van der Waals surface area contributed by atoms with Crippen molar-refractivity contribution in [2.75, 3.05) is 33.3 Å². The Morgan fingerprint density at radius 2 is 1.81 bits per heavy atom. The molecule has 0 aliphatic carbocycles. The lowest BCUT2D eigenvalue weighted by molar-refractivity contribution is 0.111. The molecule has 1 aliphatic rings. The van der Waals surface area contributed by atoms with E-state index in [0.29, 0.717) is 18.3 Å². The van der Waals surface area contributed by atoms with Gasteiger partial charge in [-0.3, -0.25) is 14.8 Å². The number of hydrogen-bond donors (Lipinski definition) is 0. The van der Waals surface area contributed by atoms with Gasteiger partial charge in [-0.15, -0.1) is 0 Å². The third kappa shape index (κ3) is 4.50. The molecule has 4 rings (SSSR count). The minimum atomic E-state index is 0.595. The lowest BCUT2D eigenvalue weighted by atomic mass is 10.2. The summed E-state index contributed by atoms with van der Waals surface area (Å²) in [5.74, 6) is 2.02. The van der Waals surface area contributed by atoms with E-state index in [1.165, 1.54) is 0 Å². The maximum atomic E-state index is 5.45. The van der Waals surface area contributed by atoms with Crippen molar-refractivity contribution in [1.29, 1.82) is 0 Å². The van der Waals surface area contributed by atoms with E-state index in [9.17, 15) is 0 Å². The lowest BCUT2D eigenvalue weighted by Crippen LogP contribution is -2.45. The summed E-state index contributed by atoms with van der Waals surface area (Å²) in [4.78, 5) is 13.7. The van der Waals surface area contributed by atoms with Crippen molar-refractivity contribution < 1.29 is 9.26 Å². The molecule has 0 N–H and O–H groups in total. The van der Waals surface area contributed by atoms with Gasteiger partial charge in [0.2, 0.25) is 11.7 Å². The van der Waals surface area contributed by atoms with E-state index >= 15 is 0 Å². The number of pyridine rings is 1. The van der Waals surface area contributed by atoms with Crippen molar-refractivity contribution in [3.63, 3.8) is 0 Å². The van der Waals surface area contributed by atoms with Crippen LogP contribution in [0.3, 0.4) is 0 Å². The minimum Gasteiger partial charge on any atom is -0.497 e. The van der Waals surface area contributed by atoms with Crippen LogP contribution in [0.1, 0.15) is 11.6 Å². The van der Waals surface area contributed by atoms with Gasteiger partial charge in [-0.05, 0) is 24.3 Å². The Labute approximate surface area is 158 Å². The number of benzene rings is 1. The van der Waals surface area contributed by atoms with Gasteiger partial charge in [0.25, 0.3) is 0 Å². The summed E-state index contributed by atoms with van der Waals surface area (Å²) < 4.78 is 10.7. The molecule has 0 radical (unpaired) electrons. The summed E-state index contributed by atoms with van der Waals surface area (Å²) >= 11 is 0. The average Bonchev–Trinajstić information content (AvgIpc) is 3.19. The molecule has 0 spiro atoms. The predicted octanol–water partition coefficient (Wildman–Crippen LogP) is 2.46. The molecule has 3 heterocycles. The Kier molecular flexibility index (Phi) is 5.41. The van der Waals surface area contributed by atoms with Crippen LogP contribution in [0.4, 0.5) is 0 Å². The summed E-state index contributed by atoms with van der Waals surface area (Å²) in [7, 11) is 1.65. The number of ether oxygens (including phenoxy) is 1. The Hall–Kier alpha value is -2.77. The first-order valence-electron chi connectivity index (χ1n) is 9.12. The second-order valence-corrected chi connectivity index (χ2v) is 6.62. The molecule has 1 aliphatic heterocycles. The van der Waals surface area contributed by atoms with Crippen molar-refractivity contribution in [1.82, 2.24) is 24.9 Å². The number of methoxy groups -OCH3 is 1. The van der Waals surface area contributed by atoms with E-state index in [0.717, 1.165) is 49.7 Å². The molecule has 1 aromatic carbocycles. The van der Waals surface area contributed by atoms with Crippen LogP contribution < -0.4 is 4.74 Å². The molecule has 7 heteroatoms. The first-order valence-corrected chi connectivity index (χ1v) is 9.12. The first-order chi connectivity index (χ1) is 13.3. The van der Waals surface area contributed by atoms with Crippen molar-refractivity contribution >= 4 is 0 Å². The lowest BCUT2D eigenvalue weighted by Gasteiger charge is -2.33. The average molecular weight is 365 g/mol. The van der Waals surface area contributed by atoms with E-state index in [4.69, 9.17) is 9.26 Å². The van der Waals surface area contributed by atoms with Gasteiger partial charge in [0.15, 0.2) is 0 Å². The van der Waals surface area contributed by atoms with Crippen LogP contribution in [-0.4, -0.2) is 58.2 Å². The quantitative estimate of drug-likeness (QED) is 0.665. The molecule has 140 valence electrons. The van der Waals surface area contributed by atoms with Gasteiger partial charge < -0.3 is 9.26 Å². The summed E-state index contributed by atoms with van der Waals surface area (Å²) in [6, 6.07) is 13.7. The summed E-state index contributed by atoms with van der Waals surface area (Å²) in [6.45, 7) is 5.54. The van der Waals surface area contributed by atoms with E-state index in [2.05, 4.69) is 31.0 Å². The fourth-order valence-corrected chi connectivity index (χ4v) is 3.22. The summed E-state index contributed by atoms with van der Waals surface area (Å²) in [5, 5.41) is 4.11.